The van der Waals surface area contributed by atoms with Crippen LogP contribution >= 0.6 is 0 Å². The van der Waals surface area contributed by atoms with Crippen LogP contribution in [-0.2, 0) is 19.4 Å². The van der Waals surface area contributed by atoms with E-state index in [0.29, 0.717) is 12.5 Å². The van der Waals surface area contributed by atoms with Crippen molar-refractivity contribution in [2.45, 2.75) is 51.7 Å². The van der Waals surface area contributed by atoms with Crippen LogP contribution in [0, 0.1) is 12.7 Å². The van der Waals surface area contributed by atoms with Gasteiger partial charge in [-0.2, -0.15) is 5.10 Å². The van der Waals surface area contributed by atoms with Crippen molar-refractivity contribution in [2.24, 2.45) is 0 Å². The maximum atomic E-state index is 13.7. The van der Waals surface area contributed by atoms with Gasteiger partial charge in [-0.3, -0.25) is 0 Å². The summed E-state index contributed by atoms with van der Waals surface area (Å²) in [5, 5.41) is 8.00. The lowest BCUT2D eigenvalue weighted by Crippen LogP contribution is -2.43. The van der Waals surface area contributed by atoms with E-state index in [9.17, 15) is 4.39 Å². The van der Waals surface area contributed by atoms with Crippen LogP contribution < -0.4 is 5.32 Å². The van der Waals surface area contributed by atoms with Gasteiger partial charge in [-0.15, -0.1) is 0 Å². The summed E-state index contributed by atoms with van der Waals surface area (Å²) in [4.78, 5) is 4.42. The molecule has 1 aliphatic heterocycles. The maximum Gasteiger partial charge on any atom is 0.147 e. The molecule has 21 heavy (non-hydrogen) atoms. The monoisotopic (exact) mass is 288 g/mol. The number of halogens is 1. The van der Waals surface area contributed by atoms with Crippen molar-refractivity contribution in [2.75, 3.05) is 0 Å². The summed E-state index contributed by atoms with van der Waals surface area (Å²) in [7, 11) is 0. The fraction of sp³-hybridized carbons (Fsp3) is 0.500. The molecule has 0 amide bonds. The van der Waals surface area contributed by atoms with E-state index in [4.69, 9.17) is 0 Å². The van der Waals surface area contributed by atoms with Gasteiger partial charge in [0, 0.05) is 18.5 Å². The minimum atomic E-state index is -0.121. The lowest BCUT2D eigenvalue weighted by molar-refractivity contribution is 0.330. The Balaban J connectivity index is 1.59. The highest BCUT2D eigenvalue weighted by Crippen LogP contribution is 2.15. The van der Waals surface area contributed by atoms with Crippen LogP contribution in [0.1, 0.15) is 30.6 Å². The van der Waals surface area contributed by atoms with Crippen LogP contribution in [0.3, 0.4) is 0 Å². The average Bonchev–Trinajstić information content (AvgIpc) is 2.80. The predicted octanol–water partition coefficient (Wildman–Crippen LogP) is 2.26. The molecule has 2 heterocycles. The van der Waals surface area contributed by atoms with Gasteiger partial charge < -0.3 is 5.32 Å². The molecule has 1 N–H and O–H groups in total. The first-order chi connectivity index (χ1) is 10.1. The Morgan fingerprint density at radius 3 is 3.05 bits per heavy atom. The number of hydrogen-bond donors (Lipinski definition) is 1. The SMILES string of the molecule is Cc1nc2n(n1)C[C@H](N[C@H](C)Cc1ccccc1F)CC2. The first-order valence-corrected chi connectivity index (χ1v) is 7.51. The third-order valence-electron chi connectivity index (χ3n) is 3.97. The maximum absolute atomic E-state index is 13.7. The molecule has 0 aliphatic carbocycles. The van der Waals surface area contributed by atoms with Crippen molar-refractivity contribution >= 4 is 0 Å². The van der Waals surface area contributed by atoms with E-state index in [2.05, 4.69) is 22.3 Å². The standard InChI is InChI=1S/C16H21FN4/c1-11(9-13-5-3-4-6-15(13)17)18-14-7-8-16-19-12(2)20-21(16)10-14/h3-6,11,14,18H,7-10H2,1-2H3/t11-,14-/m1/s1. The van der Waals surface area contributed by atoms with E-state index in [-0.39, 0.29) is 11.9 Å². The second-order valence-corrected chi connectivity index (χ2v) is 5.86. The first kappa shape index (κ1) is 14.2. The number of rotatable bonds is 4. The van der Waals surface area contributed by atoms with Crippen molar-refractivity contribution in [1.29, 1.82) is 0 Å². The fourth-order valence-electron chi connectivity index (χ4n) is 3.02. The molecule has 2 aromatic rings. The molecule has 0 radical (unpaired) electrons. The molecular formula is C16H21FN4. The minimum absolute atomic E-state index is 0.121. The van der Waals surface area contributed by atoms with E-state index in [0.717, 1.165) is 36.6 Å². The van der Waals surface area contributed by atoms with Crippen molar-refractivity contribution in [1.82, 2.24) is 20.1 Å². The zero-order valence-electron chi connectivity index (χ0n) is 12.5. The Kier molecular flexibility index (Phi) is 4.01. The molecule has 2 atom stereocenters. The van der Waals surface area contributed by atoms with Crippen molar-refractivity contribution in [3.8, 4) is 0 Å². The molecule has 0 saturated carbocycles. The number of aromatic nitrogens is 3. The van der Waals surface area contributed by atoms with Gasteiger partial charge in [-0.25, -0.2) is 14.1 Å². The quantitative estimate of drug-likeness (QED) is 0.938. The predicted molar refractivity (Wildman–Crippen MR) is 79.6 cm³/mol. The van der Waals surface area contributed by atoms with Crippen molar-refractivity contribution in [3.05, 3.63) is 47.3 Å². The summed E-state index contributed by atoms with van der Waals surface area (Å²) in [5.41, 5.74) is 0.769. The third kappa shape index (κ3) is 3.29. The molecule has 0 bridgehead atoms. The zero-order valence-corrected chi connectivity index (χ0v) is 12.5. The molecule has 0 fully saturated rings. The van der Waals surface area contributed by atoms with Crippen LogP contribution in [0.2, 0.25) is 0 Å². The second-order valence-electron chi connectivity index (χ2n) is 5.86. The van der Waals surface area contributed by atoms with E-state index < -0.39 is 0 Å². The largest absolute Gasteiger partial charge is 0.309 e. The van der Waals surface area contributed by atoms with Crippen LogP contribution in [0.25, 0.3) is 0 Å². The van der Waals surface area contributed by atoms with Crippen LogP contribution in [-0.4, -0.2) is 26.8 Å². The van der Waals surface area contributed by atoms with Crippen molar-refractivity contribution < 1.29 is 4.39 Å². The highest BCUT2D eigenvalue weighted by atomic mass is 19.1. The Labute approximate surface area is 124 Å². The highest BCUT2D eigenvalue weighted by Gasteiger charge is 2.22. The zero-order chi connectivity index (χ0) is 14.8. The number of fused-ring (bicyclic) bond motifs is 1. The Bertz CT molecular complexity index is 622. The molecule has 1 aromatic carbocycles. The van der Waals surface area contributed by atoms with Gasteiger partial charge >= 0.3 is 0 Å². The van der Waals surface area contributed by atoms with E-state index >= 15 is 0 Å². The second kappa shape index (κ2) is 5.93. The smallest absolute Gasteiger partial charge is 0.147 e. The Morgan fingerprint density at radius 1 is 1.43 bits per heavy atom. The van der Waals surface area contributed by atoms with Gasteiger partial charge in [-0.1, -0.05) is 18.2 Å². The third-order valence-corrected chi connectivity index (χ3v) is 3.97. The molecule has 0 spiro atoms. The number of aryl methyl sites for hydroxylation is 2. The molecule has 0 saturated heterocycles. The summed E-state index contributed by atoms with van der Waals surface area (Å²) in [6.45, 7) is 4.88. The Hall–Kier alpha value is -1.75. The van der Waals surface area contributed by atoms with Gasteiger partial charge in [0.2, 0.25) is 0 Å². The molecule has 0 unspecified atom stereocenters. The fourth-order valence-corrected chi connectivity index (χ4v) is 3.02. The summed E-state index contributed by atoms with van der Waals surface area (Å²) in [5.74, 6) is 1.79. The van der Waals surface area contributed by atoms with Crippen LogP contribution in [0.15, 0.2) is 24.3 Å². The lowest BCUT2D eigenvalue weighted by Gasteiger charge is -2.27. The number of nitrogens with zero attached hydrogens (tertiary/aromatic N) is 3. The molecule has 5 heteroatoms. The number of hydrogen-bond acceptors (Lipinski definition) is 3. The van der Waals surface area contributed by atoms with Gasteiger partial charge in [-0.05, 0) is 38.3 Å². The molecule has 1 aromatic heterocycles. The van der Waals surface area contributed by atoms with Gasteiger partial charge in [0.25, 0.3) is 0 Å². The average molecular weight is 288 g/mol. The Morgan fingerprint density at radius 2 is 2.24 bits per heavy atom. The van der Waals surface area contributed by atoms with E-state index in [1.807, 2.05) is 23.7 Å². The minimum Gasteiger partial charge on any atom is -0.309 e. The molecule has 4 nitrogen and oxygen atoms in total. The van der Waals surface area contributed by atoms with E-state index in [1.165, 1.54) is 6.07 Å². The first-order valence-electron chi connectivity index (χ1n) is 7.51. The lowest BCUT2D eigenvalue weighted by atomic mass is 10.0. The van der Waals surface area contributed by atoms with E-state index in [1.54, 1.807) is 6.07 Å². The number of benzene rings is 1. The summed E-state index contributed by atoms with van der Waals surface area (Å²) >= 11 is 0. The summed E-state index contributed by atoms with van der Waals surface area (Å²) in [6.07, 6.45) is 2.71. The van der Waals surface area contributed by atoms with Gasteiger partial charge in [0.05, 0.1) is 6.54 Å². The molecular weight excluding hydrogens is 267 g/mol. The van der Waals surface area contributed by atoms with Crippen LogP contribution in [0.4, 0.5) is 4.39 Å². The van der Waals surface area contributed by atoms with Crippen molar-refractivity contribution in [3.63, 3.8) is 0 Å². The summed E-state index contributed by atoms with van der Waals surface area (Å²) < 4.78 is 15.7. The van der Waals surface area contributed by atoms with Gasteiger partial charge in [0.1, 0.15) is 17.5 Å². The molecule has 112 valence electrons. The highest BCUT2D eigenvalue weighted by molar-refractivity contribution is 5.18. The summed E-state index contributed by atoms with van der Waals surface area (Å²) in [6, 6.07) is 7.60. The topological polar surface area (TPSA) is 42.7 Å². The van der Waals surface area contributed by atoms with Crippen LogP contribution in [0.5, 0.6) is 0 Å². The number of nitrogens with one attached hydrogen (secondary N) is 1. The molecule has 3 rings (SSSR count). The molecule has 1 aliphatic rings. The normalized spacial score (nSPS) is 19.3. The van der Waals surface area contributed by atoms with Gasteiger partial charge in [0.15, 0.2) is 0 Å².